The maximum absolute atomic E-state index is 9.40. The minimum atomic E-state index is -1.49. The predicted molar refractivity (Wildman–Crippen MR) is 74.0 cm³/mol. The van der Waals surface area contributed by atoms with Gasteiger partial charge >= 0.3 is 7.12 Å². The zero-order valence-corrected chi connectivity index (χ0v) is 9.43. The number of fused-ring (bicyclic) bond motifs is 1. The van der Waals surface area contributed by atoms with Crippen LogP contribution in [0.1, 0.15) is 11.1 Å². The molecule has 0 aliphatic rings. The van der Waals surface area contributed by atoms with Crippen LogP contribution in [0.4, 0.5) is 0 Å². The molecule has 0 aliphatic carbocycles. The Morgan fingerprint density at radius 3 is 2.18 bits per heavy atom. The second-order valence-electron chi connectivity index (χ2n) is 3.80. The van der Waals surface area contributed by atoms with E-state index in [0.717, 1.165) is 21.9 Å². The van der Waals surface area contributed by atoms with Crippen LogP contribution < -0.4 is 5.46 Å². The molecule has 0 amide bonds. The van der Waals surface area contributed by atoms with E-state index in [1.807, 2.05) is 24.3 Å². The molecule has 0 fully saturated rings. The molecule has 0 radical (unpaired) electrons. The van der Waals surface area contributed by atoms with Gasteiger partial charge in [0.25, 0.3) is 0 Å². The van der Waals surface area contributed by atoms with Gasteiger partial charge in [-0.3, -0.25) is 0 Å². The van der Waals surface area contributed by atoms with Crippen molar-refractivity contribution >= 4 is 35.5 Å². The quantitative estimate of drug-likeness (QED) is 0.780. The molecule has 2 nitrogen and oxygen atoms in total. The Morgan fingerprint density at radius 1 is 1.00 bits per heavy atom. The van der Waals surface area contributed by atoms with Gasteiger partial charge in [0.05, 0.1) is 0 Å². The first-order valence-electron chi connectivity index (χ1n) is 5.35. The lowest BCUT2D eigenvalue weighted by atomic mass is 9.75. The third kappa shape index (κ3) is 1.91. The summed E-state index contributed by atoms with van der Waals surface area (Å²) in [5.41, 5.74) is 2.29. The van der Waals surface area contributed by atoms with Crippen LogP contribution in [0.15, 0.2) is 43.5 Å². The van der Waals surface area contributed by atoms with Gasteiger partial charge in [0.15, 0.2) is 0 Å². The average molecular weight is 224 g/mol. The third-order valence-electron chi connectivity index (χ3n) is 2.85. The van der Waals surface area contributed by atoms with Gasteiger partial charge in [-0.25, -0.2) is 0 Å². The van der Waals surface area contributed by atoms with Crippen molar-refractivity contribution in [3.8, 4) is 0 Å². The van der Waals surface area contributed by atoms with Crippen molar-refractivity contribution in [1.29, 1.82) is 0 Å². The minimum absolute atomic E-state index is 0.487. The van der Waals surface area contributed by atoms with Gasteiger partial charge < -0.3 is 10.0 Å². The van der Waals surface area contributed by atoms with Crippen LogP contribution in [-0.4, -0.2) is 17.2 Å². The smallest absolute Gasteiger partial charge is 0.423 e. The molecule has 17 heavy (non-hydrogen) atoms. The molecule has 2 N–H and O–H groups in total. The summed E-state index contributed by atoms with van der Waals surface area (Å²) in [6, 6.07) is 9.32. The highest BCUT2D eigenvalue weighted by Gasteiger charge is 2.17. The van der Waals surface area contributed by atoms with Crippen molar-refractivity contribution in [2.75, 3.05) is 0 Å². The van der Waals surface area contributed by atoms with Gasteiger partial charge in [0, 0.05) is 0 Å². The molecule has 0 atom stereocenters. The number of benzene rings is 2. The SMILES string of the molecule is C=Cc1cc(B(O)O)c2ccccc2c1C=C. The Kier molecular flexibility index (Phi) is 3.13. The Balaban J connectivity index is 2.94. The summed E-state index contributed by atoms with van der Waals surface area (Å²) in [5.74, 6) is 0. The van der Waals surface area contributed by atoms with E-state index in [1.54, 1.807) is 18.2 Å². The molecule has 84 valence electrons. The van der Waals surface area contributed by atoms with Gasteiger partial charge in [-0.1, -0.05) is 55.6 Å². The van der Waals surface area contributed by atoms with Gasteiger partial charge in [-0.15, -0.1) is 0 Å². The highest BCUT2D eigenvalue weighted by molar-refractivity contribution is 6.62. The molecule has 0 unspecified atom stereocenters. The second kappa shape index (κ2) is 4.57. The molecule has 0 aliphatic heterocycles. The molecule has 3 heteroatoms. The van der Waals surface area contributed by atoms with E-state index in [0.29, 0.717) is 5.46 Å². The van der Waals surface area contributed by atoms with Crippen molar-refractivity contribution in [3.05, 3.63) is 54.6 Å². The van der Waals surface area contributed by atoms with Gasteiger partial charge in [0.1, 0.15) is 0 Å². The van der Waals surface area contributed by atoms with Crippen LogP contribution in [0.25, 0.3) is 22.9 Å². The highest BCUT2D eigenvalue weighted by Crippen LogP contribution is 2.23. The van der Waals surface area contributed by atoms with Gasteiger partial charge in [0.2, 0.25) is 0 Å². The third-order valence-corrected chi connectivity index (χ3v) is 2.85. The van der Waals surface area contributed by atoms with E-state index >= 15 is 0 Å². The predicted octanol–water partition coefficient (Wildman–Crippen LogP) is 1.81. The van der Waals surface area contributed by atoms with Crippen LogP contribution in [0.3, 0.4) is 0 Å². The molecule has 0 aromatic heterocycles. The normalized spacial score (nSPS) is 10.2. The Morgan fingerprint density at radius 2 is 1.65 bits per heavy atom. The summed E-state index contributed by atoms with van der Waals surface area (Å²) in [6.45, 7) is 7.53. The highest BCUT2D eigenvalue weighted by atomic mass is 16.4. The first-order chi connectivity index (χ1) is 8.19. The standard InChI is InChI=1S/C14H13BO2/c1-3-10-9-14(15(16)17)13-8-6-5-7-12(13)11(10)4-2/h3-9,16-17H,1-2H2. The number of hydrogen-bond acceptors (Lipinski definition) is 2. The molecule has 0 saturated heterocycles. The van der Waals surface area contributed by atoms with E-state index < -0.39 is 7.12 Å². The molecule has 2 aromatic rings. The first kappa shape index (κ1) is 11.6. The lowest BCUT2D eigenvalue weighted by molar-refractivity contribution is 0.426. The van der Waals surface area contributed by atoms with E-state index in [-0.39, 0.29) is 0 Å². The summed E-state index contributed by atoms with van der Waals surface area (Å²) in [4.78, 5) is 0. The van der Waals surface area contributed by atoms with E-state index in [9.17, 15) is 10.0 Å². The van der Waals surface area contributed by atoms with Gasteiger partial charge in [-0.2, -0.15) is 0 Å². The lowest BCUT2D eigenvalue weighted by Gasteiger charge is -2.12. The van der Waals surface area contributed by atoms with Crippen molar-refractivity contribution < 1.29 is 10.0 Å². The molecule has 2 aromatic carbocycles. The molecule has 0 saturated carbocycles. The Bertz CT molecular complexity index is 588. The summed E-state index contributed by atoms with van der Waals surface area (Å²) in [5, 5.41) is 20.6. The second-order valence-corrected chi connectivity index (χ2v) is 3.80. The summed E-state index contributed by atoms with van der Waals surface area (Å²) in [6.07, 6.45) is 3.45. The van der Waals surface area contributed by atoms with Crippen LogP contribution >= 0.6 is 0 Å². The average Bonchev–Trinajstić information content (AvgIpc) is 2.36. The van der Waals surface area contributed by atoms with Crippen LogP contribution in [0.2, 0.25) is 0 Å². The van der Waals surface area contributed by atoms with Gasteiger partial charge in [-0.05, 0) is 27.4 Å². The zero-order chi connectivity index (χ0) is 12.4. The largest absolute Gasteiger partial charge is 0.489 e. The van der Waals surface area contributed by atoms with Crippen LogP contribution in [0.5, 0.6) is 0 Å². The summed E-state index contributed by atoms with van der Waals surface area (Å²) >= 11 is 0. The number of rotatable bonds is 3. The summed E-state index contributed by atoms with van der Waals surface area (Å²) in [7, 11) is -1.49. The van der Waals surface area contributed by atoms with E-state index in [2.05, 4.69) is 13.2 Å². The Labute approximate surface area is 101 Å². The fourth-order valence-corrected chi connectivity index (χ4v) is 2.06. The summed E-state index contributed by atoms with van der Waals surface area (Å²) < 4.78 is 0. The minimum Gasteiger partial charge on any atom is -0.423 e. The molecular weight excluding hydrogens is 211 g/mol. The molecule has 0 heterocycles. The lowest BCUT2D eigenvalue weighted by Crippen LogP contribution is -2.31. The fraction of sp³-hybridized carbons (Fsp3) is 0. The fourth-order valence-electron chi connectivity index (χ4n) is 2.06. The Hall–Kier alpha value is -1.84. The van der Waals surface area contributed by atoms with Crippen molar-refractivity contribution in [3.63, 3.8) is 0 Å². The molecule has 0 spiro atoms. The van der Waals surface area contributed by atoms with Crippen molar-refractivity contribution in [2.45, 2.75) is 0 Å². The number of hydrogen-bond donors (Lipinski definition) is 2. The molecular formula is C14H13BO2. The maximum Gasteiger partial charge on any atom is 0.489 e. The van der Waals surface area contributed by atoms with E-state index in [1.165, 1.54) is 0 Å². The first-order valence-corrected chi connectivity index (χ1v) is 5.35. The monoisotopic (exact) mass is 224 g/mol. The maximum atomic E-state index is 9.40. The topological polar surface area (TPSA) is 40.5 Å². The van der Waals surface area contributed by atoms with Crippen molar-refractivity contribution in [1.82, 2.24) is 0 Å². The van der Waals surface area contributed by atoms with E-state index in [4.69, 9.17) is 0 Å². The van der Waals surface area contributed by atoms with Crippen LogP contribution in [-0.2, 0) is 0 Å². The molecule has 0 bridgehead atoms. The zero-order valence-electron chi connectivity index (χ0n) is 9.43. The molecule has 2 rings (SSSR count). The van der Waals surface area contributed by atoms with Crippen molar-refractivity contribution in [2.24, 2.45) is 0 Å². The van der Waals surface area contributed by atoms with Crippen LogP contribution in [0, 0.1) is 0 Å².